The molecular formula is C15H17Cl2NO4S. The van der Waals surface area contributed by atoms with Crippen molar-refractivity contribution >= 4 is 52.5 Å². The van der Waals surface area contributed by atoms with Gasteiger partial charge in [0, 0.05) is 6.07 Å². The molecule has 2 rings (SSSR count). The van der Waals surface area contributed by atoms with Gasteiger partial charge in [0.05, 0.1) is 27.1 Å². The van der Waals surface area contributed by atoms with Crippen molar-refractivity contribution < 1.29 is 19.4 Å². The number of carbonyl (C=O) groups is 2. The van der Waals surface area contributed by atoms with Crippen molar-refractivity contribution in [3.8, 4) is 5.75 Å². The molecule has 1 fully saturated rings. The molecule has 8 heteroatoms. The van der Waals surface area contributed by atoms with Gasteiger partial charge in [-0.2, -0.15) is 0 Å². The van der Waals surface area contributed by atoms with E-state index in [1.54, 1.807) is 6.07 Å². The van der Waals surface area contributed by atoms with E-state index in [0.29, 0.717) is 34.3 Å². The number of carbonyl (C=O) groups excluding carboxylic acids is 1. The molecule has 1 heterocycles. The number of anilines is 1. The molecule has 1 aliphatic heterocycles. The van der Waals surface area contributed by atoms with Crippen molar-refractivity contribution in [1.82, 2.24) is 0 Å². The Balaban J connectivity index is 2.10. The Kier molecular flexibility index (Phi) is 6.06. The van der Waals surface area contributed by atoms with Gasteiger partial charge in [-0.3, -0.25) is 9.59 Å². The molecule has 0 saturated carbocycles. The van der Waals surface area contributed by atoms with Crippen LogP contribution in [0.1, 0.15) is 26.7 Å². The quantitative estimate of drug-likeness (QED) is 0.808. The third kappa shape index (κ3) is 4.68. The number of ether oxygens (including phenoxy) is 1. The number of amides is 1. The highest BCUT2D eigenvalue weighted by molar-refractivity contribution is 8.02. The minimum Gasteiger partial charge on any atom is -0.489 e. The molecule has 1 aromatic rings. The largest absolute Gasteiger partial charge is 0.489 e. The van der Waals surface area contributed by atoms with E-state index in [9.17, 15) is 9.59 Å². The van der Waals surface area contributed by atoms with Crippen LogP contribution in [-0.4, -0.2) is 33.6 Å². The van der Waals surface area contributed by atoms with Gasteiger partial charge in [0.25, 0.3) is 0 Å². The Labute approximate surface area is 148 Å². The van der Waals surface area contributed by atoms with E-state index in [1.165, 1.54) is 6.07 Å². The SMILES string of the molecule is CC(C)Oc1cc(NC(=O)C2CCC(C(=O)O)S2)c(Cl)cc1Cl. The number of carboxylic acids is 1. The zero-order valence-electron chi connectivity index (χ0n) is 12.6. The Hall–Kier alpha value is -1.11. The number of carboxylic acid groups (broad SMARTS) is 1. The second-order valence-corrected chi connectivity index (χ2v) is 7.67. The number of aliphatic carboxylic acids is 1. The van der Waals surface area contributed by atoms with Gasteiger partial charge in [-0.05, 0) is 32.8 Å². The van der Waals surface area contributed by atoms with E-state index in [2.05, 4.69) is 5.32 Å². The smallest absolute Gasteiger partial charge is 0.316 e. The first-order chi connectivity index (χ1) is 10.8. The Morgan fingerprint density at radius 1 is 1.26 bits per heavy atom. The molecule has 1 amide bonds. The van der Waals surface area contributed by atoms with E-state index < -0.39 is 16.5 Å². The van der Waals surface area contributed by atoms with Gasteiger partial charge in [-0.1, -0.05) is 23.2 Å². The maximum Gasteiger partial charge on any atom is 0.316 e. The van der Waals surface area contributed by atoms with Crippen molar-refractivity contribution in [3.63, 3.8) is 0 Å². The molecule has 0 aliphatic carbocycles. The van der Waals surface area contributed by atoms with Gasteiger partial charge in [-0.25, -0.2) is 0 Å². The van der Waals surface area contributed by atoms with Gasteiger partial charge in [0.15, 0.2) is 0 Å². The first-order valence-electron chi connectivity index (χ1n) is 7.12. The van der Waals surface area contributed by atoms with Crippen LogP contribution in [0.5, 0.6) is 5.75 Å². The minimum atomic E-state index is -0.887. The van der Waals surface area contributed by atoms with Crippen molar-refractivity contribution in [1.29, 1.82) is 0 Å². The van der Waals surface area contributed by atoms with E-state index in [4.69, 9.17) is 33.0 Å². The third-order valence-corrected chi connectivity index (χ3v) is 5.38. The monoisotopic (exact) mass is 377 g/mol. The number of halogens is 2. The van der Waals surface area contributed by atoms with Crippen molar-refractivity contribution in [2.75, 3.05) is 5.32 Å². The van der Waals surface area contributed by atoms with Crippen LogP contribution >= 0.6 is 35.0 Å². The summed E-state index contributed by atoms with van der Waals surface area (Å²) in [4.78, 5) is 23.3. The molecule has 2 unspecified atom stereocenters. The highest BCUT2D eigenvalue weighted by Crippen LogP contribution is 2.37. The molecule has 0 spiro atoms. The van der Waals surface area contributed by atoms with Gasteiger partial charge in [0.1, 0.15) is 11.0 Å². The van der Waals surface area contributed by atoms with Gasteiger partial charge in [-0.15, -0.1) is 11.8 Å². The minimum absolute atomic E-state index is 0.0704. The molecule has 2 atom stereocenters. The zero-order valence-corrected chi connectivity index (χ0v) is 15.0. The number of thioether (sulfide) groups is 1. The van der Waals surface area contributed by atoms with Crippen molar-refractivity contribution in [3.05, 3.63) is 22.2 Å². The molecule has 1 aromatic carbocycles. The maximum absolute atomic E-state index is 12.3. The lowest BCUT2D eigenvalue weighted by Gasteiger charge is -2.16. The van der Waals surface area contributed by atoms with Crippen LogP contribution in [0.4, 0.5) is 5.69 Å². The molecule has 0 radical (unpaired) electrons. The van der Waals surface area contributed by atoms with Crippen molar-refractivity contribution in [2.45, 2.75) is 43.3 Å². The van der Waals surface area contributed by atoms with Crippen LogP contribution in [0.2, 0.25) is 10.0 Å². The van der Waals surface area contributed by atoms with E-state index in [0.717, 1.165) is 11.8 Å². The summed E-state index contributed by atoms with van der Waals surface area (Å²) in [6.45, 7) is 3.73. The van der Waals surface area contributed by atoms with Crippen LogP contribution in [0.15, 0.2) is 12.1 Å². The van der Waals surface area contributed by atoms with E-state index in [-0.39, 0.29) is 12.0 Å². The predicted molar refractivity (Wildman–Crippen MR) is 92.9 cm³/mol. The van der Waals surface area contributed by atoms with Crippen LogP contribution in [0, 0.1) is 0 Å². The summed E-state index contributed by atoms with van der Waals surface area (Å²) in [7, 11) is 0. The molecule has 5 nitrogen and oxygen atoms in total. The summed E-state index contributed by atoms with van der Waals surface area (Å²) in [5, 5.41) is 11.4. The molecule has 2 N–H and O–H groups in total. The molecule has 126 valence electrons. The summed E-state index contributed by atoms with van der Waals surface area (Å²) in [5.74, 6) is -0.718. The Morgan fingerprint density at radius 3 is 2.48 bits per heavy atom. The fourth-order valence-electron chi connectivity index (χ4n) is 2.19. The average molecular weight is 378 g/mol. The fraction of sp³-hybridized carbons (Fsp3) is 0.467. The van der Waals surface area contributed by atoms with Crippen LogP contribution < -0.4 is 10.1 Å². The summed E-state index contributed by atoms with van der Waals surface area (Å²) in [6, 6.07) is 3.09. The summed E-state index contributed by atoms with van der Waals surface area (Å²) < 4.78 is 5.57. The average Bonchev–Trinajstić information content (AvgIpc) is 2.93. The molecule has 0 aromatic heterocycles. The second kappa shape index (κ2) is 7.64. The first kappa shape index (κ1) is 18.2. The van der Waals surface area contributed by atoms with E-state index >= 15 is 0 Å². The topological polar surface area (TPSA) is 75.6 Å². The fourth-order valence-corrected chi connectivity index (χ4v) is 3.91. The maximum atomic E-state index is 12.3. The normalized spacial score (nSPS) is 20.6. The number of hydrogen-bond donors (Lipinski definition) is 2. The van der Waals surface area contributed by atoms with Crippen LogP contribution in [-0.2, 0) is 9.59 Å². The molecular weight excluding hydrogens is 361 g/mol. The second-order valence-electron chi connectivity index (χ2n) is 5.45. The van der Waals surface area contributed by atoms with Gasteiger partial charge in [0.2, 0.25) is 5.91 Å². The lowest BCUT2D eigenvalue weighted by Crippen LogP contribution is -2.24. The molecule has 1 aliphatic rings. The third-order valence-electron chi connectivity index (χ3n) is 3.23. The highest BCUT2D eigenvalue weighted by atomic mass is 35.5. The van der Waals surface area contributed by atoms with Crippen LogP contribution in [0.3, 0.4) is 0 Å². The number of benzene rings is 1. The number of hydrogen-bond acceptors (Lipinski definition) is 4. The lowest BCUT2D eigenvalue weighted by molar-refractivity contribution is -0.136. The lowest BCUT2D eigenvalue weighted by atomic mass is 10.2. The Bertz CT molecular complexity index is 624. The van der Waals surface area contributed by atoms with Gasteiger partial charge < -0.3 is 15.2 Å². The Morgan fingerprint density at radius 2 is 1.91 bits per heavy atom. The zero-order chi connectivity index (χ0) is 17.1. The number of nitrogens with one attached hydrogen (secondary N) is 1. The summed E-state index contributed by atoms with van der Waals surface area (Å²) in [6.07, 6.45) is 0.932. The summed E-state index contributed by atoms with van der Waals surface area (Å²) in [5.41, 5.74) is 0.399. The number of rotatable bonds is 5. The molecule has 23 heavy (non-hydrogen) atoms. The summed E-state index contributed by atoms with van der Waals surface area (Å²) >= 11 is 13.3. The molecule has 0 bridgehead atoms. The van der Waals surface area contributed by atoms with Crippen LogP contribution in [0.25, 0.3) is 0 Å². The highest BCUT2D eigenvalue weighted by Gasteiger charge is 2.34. The van der Waals surface area contributed by atoms with E-state index in [1.807, 2.05) is 13.8 Å². The van der Waals surface area contributed by atoms with Gasteiger partial charge >= 0.3 is 5.97 Å². The standard InChI is InChI=1S/C15H17Cl2NO4S/c1-7(2)22-11-6-10(8(16)5-9(11)17)18-14(19)12-3-4-13(23-12)15(20)21/h5-7,12-13H,3-4H2,1-2H3,(H,18,19)(H,20,21). The van der Waals surface area contributed by atoms with Crippen molar-refractivity contribution in [2.24, 2.45) is 0 Å². The first-order valence-corrected chi connectivity index (χ1v) is 8.82. The predicted octanol–water partition coefficient (Wildman–Crippen LogP) is 4.07. The molecule has 1 saturated heterocycles.